The fourth-order valence-electron chi connectivity index (χ4n) is 1.86. The predicted octanol–water partition coefficient (Wildman–Crippen LogP) is 2.37. The Hall–Kier alpha value is -2.37. The highest BCUT2D eigenvalue weighted by Gasteiger charge is 2.18. The van der Waals surface area contributed by atoms with Crippen molar-refractivity contribution in [3.63, 3.8) is 0 Å². The number of aromatic nitrogens is 2. The van der Waals surface area contributed by atoms with E-state index in [1.54, 1.807) is 38.0 Å². The molecule has 0 aliphatic heterocycles. The van der Waals surface area contributed by atoms with E-state index in [0.29, 0.717) is 11.1 Å². The normalized spacial score (nSPS) is 10.8. The van der Waals surface area contributed by atoms with E-state index < -0.39 is 11.8 Å². The molecule has 1 aromatic carbocycles. The molecule has 0 saturated heterocycles. The van der Waals surface area contributed by atoms with Gasteiger partial charge in [0.25, 0.3) is 0 Å². The van der Waals surface area contributed by atoms with Gasteiger partial charge < -0.3 is 10.5 Å². The maximum absolute atomic E-state index is 13.7. The lowest BCUT2D eigenvalue weighted by Crippen LogP contribution is -2.14. The van der Waals surface area contributed by atoms with E-state index >= 15 is 0 Å². The summed E-state index contributed by atoms with van der Waals surface area (Å²) in [5.74, 6) is -1.18. The summed E-state index contributed by atoms with van der Waals surface area (Å²) in [5.41, 5.74) is 7.24. The number of anilines is 1. The van der Waals surface area contributed by atoms with Crippen LogP contribution in [-0.2, 0) is 11.8 Å². The van der Waals surface area contributed by atoms with E-state index in [1.807, 2.05) is 0 Å². The summed E-state index contributed by atoms with van der Waals surface area (Å²) in [6, 6.07) is 2.36. The van der Waals surface area contributed by atoms with E-state index in [9.17, 15) is 9.18 Å². The number of nitrogens with zero attached hydrogens (tertiary/aromatic N) is 2. The highest BCUT2D eigenvalue weighted by molar-refractivity contribution is 5.99. The van der Waals surface area contributed by atoms with Crippen molar-refractivity contribution >= 4 is 11.7 Å². The average molecular weight is 277 g/mol. The molecule has 0 amide bonds. The Bertz CT molecular complexity index is 650. The first-order valence-corrected chi connectivity index (χ1v) is 6.17. The van der Waals surface area contributed by atoms with Crippen LogP contribution in [0.4, 0.5) is 10.1 Å². The van der Waals surface area contributed by atoms with Crippen molar-refractivity contribution in [1.82, 2.24) is 9.78 Å². The Labute approximate surface area is 116 Å². The van der Waals surface area contributed by atoms with Crippen LogP contribution in [-0.4, -0.2) is 21.9 Å². The number of rotatable bonds is 3. The Morgan fingerprint density at radius 1 is 1.45 bits per heavy atom. The lowest BCUT2D eigenvalue weighted by Gasteiger charge is -2.12. The topological polar surface area (TPSA) is 70.1 Å². The van der Waals surface area contributed by atoms with Gasteiger partial charge in [0.1, 0.15) is 5.82 Å². The van der Waals surface area contributed by atoms with Crippen LogP contribution in [0.5, 0.6) is 0 Å². The summed E-state index contributed by atoms with van der Waals surface area (Å²) >= 11 is 0. The number of nitrogens with two attached hydrogens (primary N) is 1. The summed E-state index contributed by atoms with van der Waals surface area (Å²) in [5, 5.41) is 4.01. The maximum atomic E-state index is 13.7. The van der Waals surface area contributed by atoms with Gasteiger partial charge in [-0.2, -0.15) is 5.10 Å². The minimum Gasteiger partial charge on any atom is -0.459 e. The van der Waals surface area contributed by atoms with Crippen molar-refractivity contribution in [3.05, 3.63) is 35.9 Å². The third-order valence-corrected chi connectivity index (χ3v) is 2.72. The number of hydrogen-bond acceptors (Lipinski definition) is 4. The number of esters is 1. The molecule has 0 fully saturated rings. The molecule has 0 atom stereocenters. The maximum Gasteiger partial charge on any atom is 0.340 e. The summed E-state index contributed by atoms with van der Waals surface area (Å²) in [6.45, 7) is 3.44. The minimum atomic E-state index is -0.637. The van der Waals surface area contributed by atoms with Crippen LogP contribution in [0, 0.1) is 5.82 Å². The van der Waals surface area contributed by atoms with Gasteiger partial charge in [0.15, 0.2) is 0 Å². The highest BCUT2D eigenvalue weighted by atomic mass is 19.1. The van der Waals surface area contributed by atoms with Gasteiger partial charge in [-0.1, -0.05) is 0 Å². The molecule has 2 rings (SSSR count). The van der Waals surface area contributed by atoms with Crippen molar-refractivity contribution in [2.75, 3.05) is 5.73 Å². The average Bonchev–Trinajstić information content (AvgIpc) is 2.77. The second-order valence-corrected chi connectivity index (χ2v) is 4.77. The number of hydrogen-bond donors (Lipinski definition) is 1. The van der Waals surface area contributed by atoms with Crippen LogP contribution < -0.4 is 5.73 Å². The highest BCUT2D eigenvalue weighted by Crippen LogP contribution is 2.30. The van der Waals surface area contributed by atoms with E-state index in [-0.39, 0.29) is 17.4 Å². The third-order valence-electron chi connectivity index (χ3n) is 2.72. The van der Waals surface area contributed by atoms with Gasteiger partial charge in [-0.15, -0.1) is 0 Å². The second kappa shape index (κ2) is 5.32. The van der Waals surface area contributed by atoms with Crippen LogP contribution in [0.1, 0.15) is 24.2 Å². The van der Waals surface area contributed by atoms with Gasteiger partial charge in [-0.05, 0) is 26.0 Å². The van der Waals surface area contributed by atoms with E-state index in [1.165, 1.54) is 6.07 Å². The zero-order chi connectivity index (χ0) is 14.9. The first kappa shape index (κ1) is 14.0. The molecule has 0 unspecified atom stereocenters. The predicted molar refractivity (Wildman–Crippen MR) is 73.6 cm³/mol. The number of nitrogen functional groups attached to an aromatic ring is 1. The third kappa shape index (κ3) is 2.79. The van der Waals surface area contributed by atoms with Crippen molar-refractivity contribution in [2.24, 2.45) is 7.05 Å². The molecule has 0 radical (unpaired) electrons. The van der Waals surface area contributed by atoms with E-state index in [2.05, 4.69) is 5.10 Å². The molecule has 0 saturated carbocycles. The van der Waals surface area contributed by atoms with Crippen molar-refractivity contribution in [2.45, 2.75) is 20.0 Å². The summed E-state index contributed by atoms with van der Waals surface area (Å²) < 4.78 is 20.3. The number of carbonyl (C=O) groups excluding carboxylic acids is 1. The van der Waals surface area contributed by atoms with Crippen molar-refractivity contribution in [1.29, 1.82) is 0 Å². The molecule has 5 nitrogen and oxygen atoms in total. The van der Waals surface area contributed by atoms with Gasteiger partial charge in [-0.25, -0.2) is 9.18 Å². The van der Waals surface area contributed by atoms with Crippen LogP contribution in [0.3, 0.4) is 0 Å². The molecule has 1 heterocycles. The minimum absolute atomic E-state index is 0.0255. The Morgan fingerprint density at radius 3 is 2.70 bits per heavy atom. The molecule has 0 spiro atoms. The molecular formula is C14H16FN3O2. The smallest absolute Gasteiger partial charge is 0.340 e. The molecule has 0 bridgehead atoms. The summed E-state index contributed by atoms with van der Waals surface area (Å²) in [7, 11) is 1.74. The largest absolute Gasteiger partial charge is 0.459 e. The monoisotopic (exact) mass is 277 g/mol. The van der Waals surface area contributed by atoms with Crippen molar-refractivity contribution in [3.8, 4) is 11.1 Å². The van der Waals surface area contributed by atoms with Gasteiger partial charge in [0, 0.05) is 24.4 Å². The van der Waals surface area contributed by atoms with E-state index in [4.69, 9.17) is 10.5 Å². The number of aryl methyl sites for hydroxylation is 1. The number of carbonyl (C=O) groups is 1. The number of benzene rings is 1. The fraction of sp³-hybridized carbons (Fsp3) is 0.286. The molecule has 0 aliphatic rings. The lowest BCUT2D eigenvalue weighted by atomic mass is 10.0. The second-order valence-electron chi connectivity index (χ2n) is 4.77. The zero-order valence-electron chi connectivity index (χ0n) is 11.6. The Kier molecular flexibility index (Phi) is 3.74. The van der Waals surface area contributed by atoms with Crippen LogP contribution in [0.2, 0.25) is 0 Å². The molecule has 2 aromatic rings. The lowest BCUT2D eigenvalue weighted by molar-refractivity contribution is 0.0378. The number of ether oxygens (including phenoxy) is 1. The summed E-state index contributed by atoms with van der Waals surface area (Å²) in [4.78, 5) is 11.9. The van der Waals surface area contributed by atoms with Crippen LogP contribution >= 0.6 is 0 Å². The van der Waals surface area contributed by atoms with Crippen molar-refractivity contribution < 1.29 is 13.9 Å². The molecule has 1 aromatic heterocycles. The fourth-order valence-corrected chi connectivity index (χ4v) is 1.86. The van der Waals surface area contributed by atoms with Crippen LogP contribution in [0.15, 0.2) is 24.5 Å². The first-order chi connectivity index (χ1) is 9.38. The SMILES string of the molecule is CC(C)OC(=O)c1cc(F)cc(-c2cnn(C)c2)c1N. The van der Waals surface area contributed by atoms with Gasteiger partial charge in [0.05, 0.1) is 23.6 Å². The molecule has 0 aliphatic carbocycles. The molecule has 2 N–H and O–H groups in total. The molecular weight excluding hydrogens is 261 g/mol. The van der Waals surface area contributed by atoms with Crippen LogP contribution in [0.25, 0.3) is 11.1 Å². The standard InChI is InChI=1S/C14H16FN3O2/c1-8(2)20-14(19)12-5-10(15)4-11(13(12)16)9-6-17-18(3)7-9/h4-8H,16H2,1-3H3. The van der Waals surface area contributed by atoms with Gasteiger partial charge >= 0.3 is 5.97 Å². The van der Waals surface area contributed by atoms with E-state index in [0.717, 1.165) is 6.07 Å². The zero-order valence-corrected chi connectivity index (χ0v) is 11.6. The molecule has 106 valence electrons. The number of halogens is 1. The Balaban J connectivity index is 2.50. The molecule has 20 heavy (non-hydrogen) atoms. The quantitative estimate of drug-likeness (QED) is 0.690. The van der Waals surface area contributed by atoms with Gasteiger partial charge in [-0.3, -0.25) is 4.68 Å². The Morgan fingerprint density at radius 2 is 2.15 bits per heavy atom. The molecule has 6 heteroatoms. The first-order valence-electron chi connectivity index (χ1n) is 6.17. The summed E-state index contributed by atoms with van der Waals surface area (Å²) in [6.07, 6.45) is 2.96. The van der Waals surface area contributed by atoms with Gasteiger partial charge in [0.2, 0.25) is 0 Å².